The SMILES string of the molecule is COc1cccc(NC2c3ccccc3C(=O)N2c2ccc(Cl)cc2)c1. The van der Waals surface area contributed by atoms with E-state index in [9.17, 15) is 4.79 Å². The van der Waals surface area contributed by atoms with E-state index in [2.05, 4.69) is 5.32 Å². The Kier molecular flexibility index (Phi) is 4.27. The van der Waals surface area contributed by atoms with Crippen molar-refractivity contribution < 1.29 is 9.53 Å². The quantitative estimate of drug-likeness (QED) is 0.698. The molecule has 4 rings (SSSR count). The number of hydrogen-bond donors (Lipinski definition) is 1. The van der Waals surface area contributed by atoms with Gasteiger partial charge in [-0.25, -0.2) is 0 Å². The zero-order chi connectivity index (χ0) is 18.1. The van der Waals surface area contributed by atoms with Gasteiger partial charge in [0.2, 0.25) is 0 Å². The number of halogens is 1. The van der Waals surface area contributed by atoms with Crippen LogP contribution in [0.5, 0.6) is 5.75 Å². The van der Waals surface area contributed by atoms with E-state index in [0.29, 0.717) is 10.6 Å². The molecule has 0 bridgehead atoms. The monoisotopic (exact) mass is 364 g/mol. The van der Waals surface area contributed by atoms with Crippen LogP contribution in [0.3, 0.4) is 0 Å². The van der Waals surface area contributed by atoms with Gasteiger partial charge in [0.25, 0.3) is 5.91 Å². The number of benzene rings is 3. The first-order valence-electron chi connectivity index (χ1n) is 8.26. The number of anilines is 2. The van der Waals surface area contributed by atoms with Crippen molar-refractivity contribution in [2.75, 3.05) is 17.3 Å². The van der Waals surface area contributed by atoms with Gasteiger partial charge in [-0.2, -0.15) is 0 Å². The van der Waals surface area contributed by atoms with E-state index in [1.165, 1.54) is 0 Å². The number of methoxy groups -OCH3 is 1. The number of amides is 1. The van der Waals surface area contributed by atoms with Crippen LogP contribution in [0.15, 0.2) is 72.8 Å². The molecule has 1 atom stereocenters. The van der Waals surface area contributed by atoms with E-state index >= 15 is 0 Å². The van der Waals surface area contributed by atoms with Crippen molar-refractivity contribution in [3.8, 4) is 5.75 Å². The van der Waals surface area contributed by atoms with Gasteiger partial charge in [0.1, 0.15) is 11.9 Å². The second-order valence-corrected chi connectivity index (χ2v) is 6.45. The Balaban J connectivity index is 1.76. The van der Waals surface area contributed by atoms with Crippen molar-refractivity contribution in [1.82, 2.24) is 0 Å². The lowest BCUT2D eigenvalue weighted by Gasteiger charge is -2.27. The van der Waals surface area contributed by atoms with Crippen LogP contribution in [0.1, 0.15) is 22.1 Å². The van der Waals surface area contributed by atoms with Gasteiger partial charge in [0.15, 0.2) is 0 Å². The number of fused-ring (bicyclic) bond motifs is 1. The molecule has 26 heavy (non-hydrogen) atoms. The molecule has 1 N–H and O–H groups in total. The molecule has 0 saturated heterocycles. The van der Waals surface area contributed by atoms with Gasteiger partial charge in [-0.1, -0.05) is 35.9 Å². The van der Waals surface area contributed by atoms with Crippen molar-refractivity contribution in [3.63, 3.8) is 0 Å². The molecule has 0 aliphatic carbocycles. The summed E-state index contributed by atoms with van der Waals surface area (Å²) >= 11 is 6.01. The Morgan fingerprint density at radius 2 is 1.77 bits per heavy atom. The Morgan fingerprint density at radius 3 is 2.54 bits per heavy atom. The van der Waals surface area contributed by atoms with E-state index < -0.39 is 0 Å². The maximum atomic E-state index is 13.0. The van der Waals surface area contributed by atoms with Gasteiger partial charge in [-0.3, -0.25) is 9.69 Å². The predicted molar refractivity (Wildman–Crippen MR) is 104 cm³/mol. The molecule has 4 nitrogen and oxygen atoms in total. The number of nitrogens with zero attached hydrogens (tertiary/aromatic N) is 1. The summed E-state index contributed by atoms with van der Waals surface area (Å²) in [4.78, 5) is 14.8. The first-order valence-corrected chi connectivity index (χ1v) is 8.64. The first kappa shape index (κ1) is 16.5. The molecule has 3 aromatic carbocycles. The summed E-state index contributed by atoms with van der Waals surface area (Å²) in [6.45, 7) is 0. The molecule has 0 spiro atoms. The van der Waals surface area contributed by atoms with Crippen molar-refractivity contribution in [2.45, 2.75) is 6.17 Å². The highest BCUT2D eigenvalue weighted by atomic mass is 35.5. The molecule has 3 aromatic rings. The average Bonchev–Trinajstić information content (AvgIpc) is 2.95. The Morgan fingerprint density at radius 1 is 1.00 bits per heavy atom. The van der Waals surface area contributed by atoms with Crippen molar-refractivity contribution >= 4 is 28.9 Å². The number of carbonyl (C=O) groups excluding carboxylic acids is 1. The maximum absolute atomic E-state index is 13.0. The Bertz CT molecular complexity index is 956. The summed E-state index contributed by atoms with van der Waals surface area (Å²) in [6.07, 6.45) is -0.313. The second kappa shape index (κ2) is 6.73. The minimum absolute atomic E-state index is 0.0386. The molecule has 0 radical (unpaired) electrons. The number of rotatable bonds is 4. The zero-order valence-electron chi connectivity index (χ0n) is 14.1. The highest BCUT2D eigenvalue weighted by molar-refractivity contribution is 6.30. The molecular formula is C21H17ClN2O2. The van der Waals surface area contributed by atoms with Crippen molar-refractivity contribution in [1.29, 1.82) is 0 Å². The second-order valence-electron chi connectivity index (χ2n) is 6.02. The topological polar surface area (TPSA) is 41.6 Å². The van der Waals surface area contributed by atoms with Crippen LogP contribution in [-0.2, 0) is 0 Å². The predicted octanol–water partition coefficient (Wildman–Crippen LogP) is 5.12. The maximum Gasteiger partial charge on any atom is 0.260 e. The van der Waals surface area contributed by atoms with E-state index in [1.54, 1.807) is 24.1 Å². The molecule has 1 amide bonds. The van der Waals surface area contributed by atoms with Crippen LogP contribution >= 0.6 is 11.6 Å². The van der Waals surface area contributed by atoms with Crippen LogP contribution in [0, 0.1) is 0 Å². The fourth-order valence-corrected chi connectivity index (χ4v) is 3.32. The molecule has 130 valence electrons. The summed E-state index contributed by atoms with van der Waals surface area (Å²) in [5.74, 6) is 0.717. The smallest absolute Gasteiger partial charge is 0.260 e. The highest BCUT2D eigenvalue weighted by Gasteiger charge is 2.37. The van der Waals surface area contributed by atoms with Gasteiger partial charge < -0.3 is 10.1 Å². The van der Waals surface area contributed by atoms with Gasteiger partial charge in [0, 0.05) is 33.6 Å². The van der Waals surface area contributed by atoms with Crippen LogP contribution in [-0.4, -0.2) is 13.0 Å². The van der Waals surface area contributed by atoms with Crippen LogP contribution in [0.2, 0.25) is 5.02 Å². The Hall–Kier alpha value is -2.98. The third kappa shape index (κ3) is 2.89. The summed E-state index contributed by atoms with van der Waals surface area (Å²) in [5.41, 5.74) is 3.30. The molecule has 1 unspecified atom stereocenters. The van der Waals surface area contributed by atoms with Gasteiger partial charge in [-0.05, 0) is 42.5 Å². The molecule has 0 aromatic heterocycles. The number of ether oxygens (including phenoxy) is 1. The van der Waals surface area contributed by atoms with E-state index in [1.807, 2.05) is 60.7 Å². The van der Waals surface area contributed by atoms with Crippen LogP contribution in [0.4, 0.5) is 11.4 Å². The fourth-order valence-electron chi connectivity index (χ4n) is 3.20. The zero-order valence-corrected chi connectivity index (χ0v) is 14.9. The normalized spacial score (nSPS) is 15.7. The minimum Gasteiger partial charge on any atom is -0.497 e. The van der Waals surface area contributed by atoms with Crippen LogP contribution in [0.25, 0.3) is 0 Å². The highest BCUT2D eigenvalue weighted by Crippen LogP contribution is 2.38. The van der Waals surface area contributed by atoms with E-state index in [-0.39, 0.29) is 12.1 Å². The molecule has 1 aliphatic rings. The molecule has 5 heteroatoms. The number of nitrogens with one attached hydrogen (secondary N) is 1. The summed E-state index contributed by atoms with van der Waals surface area (Å²) in [7, 11) is 1.63. The lowest BCUT2D eigenvalue weighted by Crippen LogP contribution is -2.32. The average molecular weight is 365 g/mol. The minimum atomic E-state index is -0.313. The lowest BCUT2D eigenvalue weighted by molar-refractivity contribution is 0.0993. The largest absolute Gasteiger partial charge is 0.497 e. The van der Waals surface area contributed by atoms with Crippen molar-refractivity contribution in [2.24, 2.45) is 0 Å². The first-order chi connectivity index (χ1) is 12.7. The third-order valence-electron chi connectivity index (χ3n) is 4.44. The van der Waals surface area contributed by atoms with Gasteiger partial charge in [0.05, 0.1) is 7.11 Å². The summed E-state index contributed by atoms with van der Waals surface area (Å²) in [5, 5.41) is 4.09. The molecule has 0 saturated carbocycles. The number of carbonyl (C=O) groups is 1. The van der Waals surface area contributed by atoms with E-state index in [0.717, 1.165) is 22.7 Å². The fraction of sp³-hybridized carbons (Fsp3) is 0.0952. The Labute approximate surface area is 157 Å². The number of hydrogen-bond acceptors (Lipinski definition) is 3. The lowest BCUT2D eigenvalue weighted by atomic mass is 10.1. The van der Waals surface area contributed by atoms with Gasteiger partial charge in [-0.15, -0.1) is 0 Å². The standard InChI is InChI=1S/C21H17ClN2O2/c1-26-17-6-4-5-15(13-17)23-20-18-7-2-3-8-19(18)21(25)24(20)16-11-9-14(22)10-12-16/h2-13,20,23H,1H3. The summed E-state index contributed by atoms with van der Waals surface area (Å²) in [6, 6.07) is 22.6. The van der Waals surface area contributed by atoms with Crippen molar-refractivity contribution in [3.05, 3.63) is 88.9 Å². The van der Waals surface area contributed by atoms with E-state index in [4.69, 9.17) is 16.3 Å². The molecule has 0 fully saturated rings. The van der Waals surface area contributed by atoms with Crippen LogP contribution < -0.4 is 15.0 Å². The third-order valence-corrected chi connectivity index (χ3v) is 4.69. The molecular weight excluding hydrogens is 348 g/mol. The van der Waals surface area contributed by atoms with Gasteiger partial charge >= 0.3 is 0 Å². The molecule has 1 aliphatic heterocycles. The molecule has 1 heterocycles. The summed E-state index contributed by atoms with van der Waals surface area (Å²) < 4.78 is 5.30.